The zero-order valence-corrected chi connectivity index (χ0v) is 20.1. The number of hydrogen-bond acceptors (Lipinski definition) is 5. The molecule has 3 heterocycles. The Morgan fingerprint density at radius 1 is 0.972 bits per heavy atom. The normalized spacial score (nSPS) is 27.0. The van der Waals surface area contributed by atoms with Crippen molar-refractivity contribution in [2.24, 2.45) is 0 Å². The summed E-state index contributed by atoms with van der Waals surface area (Å²) in [5.74, 6) is -1.05. The van der Waals surface area contributed by atoms with Crippen molar-refractivity contribution >= 4 is 17.7 Å². The number of nitrogens with one attached hydrogen (secondary N) is 1. The summed E-state index contributed by atoms with van der Waals surface area (Å²) in [6.07, 6.45) is 4.44. The van der Waals surface area contributed by atoms with Gasteiger partial charge in [-0.05, 0) is 48.9 Å². The number of rotatable bonds is 5. The summed E-state index contributed by atoms with van der Waals surface area (Å²) in [6.45, 7) is 2.17. The van der Waals surface area contributed by atoms with Crippen LogP contribution in [0.1, 0.15) is 65.9 Å². The molecule has 6 rings (SSSR count). The lowest BCUT2D eigenvalue weighted by molar-refractivity contribution is -0.136. The standard InChI is InChI=1S/C28H30FN3O4/c29-21-13-20-18(16-32(28(20)35)23-10-11-26(33)30-27(23)34)12-25(21)36-24-9-5-4-8-22(24)31-14-19(15-31)17-6-2-1-3-7-17/h1-3,6-7,12-13,19,22-24H,4-5,8-11,14-16H2,(H,30,33,34)/t22-,23+,24+/m1/s1. The van der Waals surface area contributed by atoms with Gasteiger partial charge in [0.1, 0.15) is 12.1 Å². The first-order chi connectivity index (χ1) is 17.5. The number of hydrogen-bond donors (Lipinski definition) is 1. The van der Waals surface area contributed by atoms with E-state index in [9.17, 15) is 14.4 Å². The highest BCUT2D eigenvalue weighted by Gasteiger charge is 2.41. The molecule has 0 unspecified atom stereocenters. The molecular weight excluding hydrogens is 461 g/mol. The van der Waals surface area contributed by atoms with Gasteiger partial charge in [-0.25, -0.2) is 4.39 Å². The molecule has 3 atom stereocenters. The van der Waals surface area contributed by atoms with Crippen LogP contribution in [0.25, 0.3) is 0 Å². The van der Waals surface area contributed by atoms with Gasteiger partial charge in [-0.1, -0.05) is 36.8 Å². The summed E-state index contributed by atoms with van der Waals surface area (Å²) in [7, 11) is 0. The van der Waals surface area contributed by atoms with E-state index in [-0.39, 0.29) is 54.7 Å². The van der Waals surface area contributed by atoms with Crippen molar-refractivity contribution in [1.29, 1.82) is 0 Å². The maximum absolute atomic E-state index is 15.1. The van der Waals surface area contributed by atoms with Crippen molar-refractivity contribution in [2.45, 2.75) is 69.2 Å². The third kappa shape index (κ3) is 4.17. The summed E-state index contributed by atoms with van der Waals surface area (Å²) in [4.78, 5) is 40.7. The Morgan fingerprint density at radius 2 is 1.75 bits per heavy atom. The fourth-order valence-electron chi connectivity index (χ4n) is 6.17. The largest absolute Gasteiger partial charge is 0.486 e. The van der Waals surface area contributed by atoms with Gasteiger partial charge in [0.25, 0.3) is 5.91 Å². The molecular formula is C28H30FN3O4. The number of carbonyl (C=O) groups is 3. The number of piperidine rings is 1. The van der Waals surface area contributed by atoms with Crippen molar-refractivity contribution in [3.63, 3.8) is 0 Å². The lowest BCUT2D eigenvalue weighted by Gasteiger charge is -2.48. The fourth-order valence-corrected chi connectivity index (χ4v) is 6.17. The van der Waals surface area contributed by atoms with E-state index in [0.717, 1.165) is 38.8 Å². The maximum atomic E-state index is 15.1. The molecule has 2 aromatic carbocycles. The molecule has 1 aliphatic carbocycles. The summed E-state index contributed by atoms with van der Waals surface area (Å²) >= 11 is 0. The molecule has 3 amide bonds. The summed E-state index contributed by atoms with van der Waals surface area (Å²) < 4.78 is 21.4. The molecule has 1 N–H and O–H groups in total. The lowest BCUT2D eigenvalue weighted by Crippen LogP contribution is -2.57. The van der Waals surface area contributed by atoms with Gasteiger partial charge in [-0.2, -0.15) is 0 Å². The van der Waals surface area contributed by atoms with Gasteiger partial charge in [0.2, 0.25) is 11.8 Å². The zero-order valence-electron chi connectivity index (χ0n) is 20.1. The van der Waals surface area contributed by atoms with Crippen LogP contribution in [0, 0.1) is 5.82 Å². The van der Waals surface area contributed by atoms with E-state index in [1.165, 1.54) is 16.5 Å². The molecule has 8 heteroatoms. The molecule has 0 bridgehead atoms. The van der Waals surface area contributed by atoms with Crippen molar-refractivity contribution in [3.8, 4) is 5.75 Å². The van der Waals surface area contributed by atoms with Gasteiger partial charge < -0.3 is 9.64 Å². The van der Waals surface area contributed by atoms with Crippen molar-refractivity contribution in [2.75, 3.05) is 13.1 Å². The molecule has 7 nitrogen and oxygen atoms in total. The smallest absolute Gasteiger partial charge is 0.255 e. The van der Waals surface area contributed by atoms with Crippen LogP contribution >= 0.6 is 0 Å². The zero-order chi connectivity index (χ0) is 24.8. The molecule has 0 aromatic heterocycles. The number of ether oxygens (including phenoxy) is 1. The van der Waals surface area contributed by atoms with E-state index in [4.69, 9.17) is 4.74 Å². The predicted molar refractivity (Wildman–Crippen MR) is 130 cm³/mol. The van der Waals surface area contributed by atoms with Crippen LogP contribution in [0.5, 0.6) is 5.75 Å². The Balaban J connectivity index is 1.15. The third-order valence-electron chi connectivity index (χ3n) is 8.17. The first kappa shape index (κ1) is 23.2. The highest BCUT2D eigenvalue weighted by atomic mass is 19.1. The summed E-state index contributed by atoms with van der Waals surface area (Å²) in [6, 6.07) is 12.9. The number of amides is 3. The van der Waals surface area contributed by atoms with Crippen LogP contribution in [0.15, 0.2) is 42.5 Å². The highest BCUT2D eigenvalue weighted by Crippen LogP contribution is 2.37. The van der Waals surface area contributed by atoms with Crippen molar-refractivity contribution in [3.05, 3.63) is 65.0 Å². The number of likely N-dealkylation sites (tertiary alicyclic amines) is 1. The Morgan fingerprint density at radius 3 is 2.53 bits per heavy atom. The van der Waals surface area contributed by atoms with E-state index >= 15 is 4.39 Å². The monoisotopic (exact) mass is 491 g/mol. The van der Waals surface area contributed by atoms with E-state index in [1.807, 2.05) is 6.07 Å². The quantitative estimate of drug-likeness (QED) is 0.649. The minimum absolute atomic E-state index is 0.105. The molecule has 36 heavy (non-hydrogen) atoms. The molecule has 3 aliphatic heterocycles. The second-order valence-electron chi connectivity index (χ2n) is 10.4. The van der Waals surface area contributed by atoms with Crippen LogP contribution in [0.2, 0.25) is 0 Å². The third-order valence-corrected chi connectivity index (χ3v) is 8.17. The Labute approximate surface area is 209 Å². The number of halogens is 1. The average molecular weight is 492 g/mol. The van der Waals surface area contributed by atoms with E-state index in [2.05, 4.69) is 34.5 Å². The van der Waals surface area contributed by atoms with Crippen molar-refractivity contribution < 1.29 is 23.5 Å². The number of benzene rings is 2. The average Bonchev–Trinajstić information content (AvgIpc) is 3.15. The molecule has 2 saturated heterocycles. The second kappa shape index (κ2) is 9.32. The van der Waals surface area contributed by atoms with Crippen LogP contribution in [-0.4, -0.2) is 58.8 Å². The summed E-state index contributed by atoms with van der Waals surface area (Å²) in [5.41, 5.74) is 2.27. The van der Waals surface area contributed by atoms with Crippen LogP contribution in [-0.2, 0) is 16.1 Å². The summed E-state index contributed by atoms with van der Waals surface area (Å²) in [5, 5.41) is 2.30. The Kier molecular flexibility index (Phi) is 5.99. The number of fused-ring (bicyclic) bond motifs is 1. The molecule has 4 aliphatic rings. The minimum atomic E-state index is -0.721. The maximum Gasteiger partial charge on any atom is 0.255 e. The molecule has 188 valence electrons. The Hall–Kier alpha value is -3.26. The number of imide groups is 1. The fraction of sp³-hybridized carbons (Fsp3) is 0.464. The molecule has 0 spiro atoms. The minimum Gasteiger partial charge on any atom is -0.486 e. The van der Waals surface area contributed by atoms with Gasteiger partial charge >= 0.3 is 0 Å². The highest BCUT2D eigenvalue weighted by molar-refractivity contribution is 6.05. The second-order valence-corrected chi connectivity index (χ2v) is 10.4. The van der Waals surface area contributed by atoms with E-state index < -0.39 is 17.8 Å². The van der Waals surface area contributed by atoms with E-state index in [0.29, 0.717) is 11.5 Å². The van der Waals surface area contributed by atoms with Gasteiger partial charge in [0.15, 0.2) is 11.6 Å². The van der Waals surface area contributed by atoms with Gasteiger partial charge in [0, 0.05) is 43.6 Å². The molecule has 1 saturated carbocycles. The number of carbonyl (C=O) groups excluding carboxylic acids is 3. The van der Waals surface area contributed by atoms with Gasteiger partial charge in [-0.3, -0.25) is 24.6 Å². The van der Waals surface area contributed by atoms with E-state index in [1.54, 1.807) is 6.07 Å². The topological polar surface area (TPSA) is 79.0 Å². The van der Waals surface area contributed by atoms with Crippen LogP contribution < -0.4 is 10.1 Å². The molecule has 2 aromatic rings. The molecule has 3 fully saturated rings. The first-order valence-corrected chi connectivity index (χ1v) is 12.9. The van der Waals surface area contributed by atoms with Crippen LogP contribution in [0.4, 0.5) is 4.39 Å². The van der Waals surface area contributed by atoms with Gasteiger partial charge in [-0.15, -0.1) is 0 Å². The lowest BCUT2D eigenvalue weighted by atomic mass is 9.84. The SMILES string of the molecule is O=C1CC[C@H](N2Cc3cc(O[C@H]4CCCC[C@H]4N4CC(c5ccccc5)C4)c(F)cc3C2=O)C(=O)N1. The van der Waals surface area contributed by atoms with Crippen molar-refractivity contribution in [1.82, 2.24) is 15.1 Å². The Bertz CT molecular complexity index is 1200. The predicted octanol–water partition coefficient (Wildman–Crippen LogP) is 3.38. The molecule has 0 radical (unpaired) electrons. The number of nitrogens with zero attached hydrogens (tertiary/aromatic N) is 2. The first-order valence-electron chi connectivity index (χ1n) is 12.9. The van der Waals surface area contributed by atoms with Crippen LogP contribution in [0.3, 0.4) is 0 Å². The van der Waals surface area contributed by atoms with Gasteiger partial charge in [0.05, 0.1) is 0 Å².